The van der Waals surface area contributed by atoms with Crippen molar-refractivity contribution in [1.82, 2.24) is 0 Å². The number of unbranched alkanes of at least 4 members (excludes halogenated alkanes) is 1. The molecular formula is C10H22O2Sn. The standard InChI is InChI=1S/C4H9.C2H4O2.2C2H5.Sn/c1-3-4-2;1-2(3)4;2*1-2;/h1,3-4H2,2H3;1H3,(H,3,4);2*1H2,2H3;/q;;;;+1/p-1. The molecule has 0 amide bonds. The Bertz CT molecular complexity index is 107. The molecule has 0 saturated heterocycles. The molecule has 0 aliphatic carbocycles. The van der Waals surface area contributed by atoms with Crippen LogP contribution < -0.4 is 5.11 Å². The summed E-state index contributed by atoms with van der Waals surface area (Å²) in [6.45, 7) is 8.04. The second-order valence-electron chi connectivity index (χ2n) is 3.05. The van der Waals surface area contributed by atoms with Crippen molar-refractivity contribution in [3.63, 3.8) is 0 Å². The summed E-state index contributed by atoms with van der Waals surface area (Å²) in [5.74, 6) is -1.08. The van der Waals surface area contributed by atoms with E-state index in [2.05, 4.69) is 20.8 Å². The second kappa shape index (κ2) is 12.3. The molecule has 13 heavy (non-hydrogen) atoms. The van der Waals surface area contributed by atoms with Crippen LogP contribution in [-0.2, 0) is 4.79 Å². The van der Waals surface area contributed by atoms with Crippen LogP contribution in [0.2, 0.25) is 13.3 Å². The molecule has 0 spiro atoms. The summed E-state index contributed by atoms with van der Waals surface area (Å²) in [6, 6.07) is 0. The Morgan fingerprint density at radius 2 is 1.62 bits per heavy atom. The fourth-order valence-electron chi connectivity index (χ4n) is 1.03. The average molecular weight is 293 g/mol. The summed E-state index contributed by atoms with van der Waals surface area (Å²) in [7, 11) is 0. The first-order chi connectivity index (χ1) is 6.08. The molecule has 0 radical (unpaired) electrons. The van der Waals surface area contributed by atoms with Gasteiger partial charge in [-0.2, -0.15) is 0 Å². The number of hydrogen-bond donors (Lipinski definition) is 0. The fourth-order valence-corrected chi connectivity index (χ4v) is 6.91. The van der Waals surface area contributed by atoms with Crippen LogP contribution in [0.4, 0.5) is 0 Å². The molecule has 0 saturated carbocycles. The van der Waals surface area contributed by atoms with Gasteiger partial charge in [0.05, 0.1) is 0 Å². The van der Waals surface area contributed by atoms with E-state index in [-0.39, 0.29) is 0 Å². The van der Waals surface area contributed by atoms with Gasteiger partial charge in [0, 0.05) is 5.97 Å². The number of carboxylic acid groups (broad SMARTS) is 1. The van der Waals surface area contributed by atoms with Crippen molar-refractivity contribution in [2.45, 2.75) is 53.8 Å². The minimum absolute atomic E-state index is 0.715. The Labute approximate surface area is 89.5 Å². The van der Waals surface area contributed by atoms with Gasteiger partial charge in [-0.15, -0.1) is 0 Å². The van der Waals surface area contributed by atoms with Crippen LogP contribution >= 0.6 is 0 Å². The third kappa shape index (κ3) is 18.9. The fraction of sp³-hybridized carbons (Fsp3) is 0.900. The Hall–Kier alpha value is 0.269. The van der Waals surface area contributed by atoms with Gasteiger partial charge in [-0.05, 0) is 6.92 Å². The van der Waals surface area contributed by atoms with Gasteiger partial charge in [0.25, 0.3) is 0 Å². The summed E-state index contributed by atoms with van der Waals surface area (Å²) >= 11 is -0.715. The molecule has 0 aliphatic heterocycles. The Morgan fingerprint density at radius 3 is 1.85 bits per heavy atom. The average Bonchev–Trinajstić information content (AvgIpc) is 2.06. The van der Waals surface area contributed by atoms with E-state index in [1.807, 2.05) is 0 Å². The van der Waals surface area contributed by atoms with Crippen molar-refractivity contribution >= 4 is 25.7 Å². The molecule has 0 bridgehead atoms. The summed E-state index contributed by atoms with van der Waals surface area (Å²) in [4.78, 5) is 8.89. The molecule has 0 heterocycles. The van der Waals surface area contributed by atoms with E-state index < -0.39 is 25.7 Å². The number of aliphatic carboxylic acids is 1. The van der Waals surface area contributed by atoms with E-state index in [1.54, 1.807) is 13.3 Å². The number of carbonyl (C=O) groups is 1. The summed E-state index contributed by atoms with van der Waals surface area (Å²) in [5, 5.41) is 8.89. The van der Waals surface area contributed by atoms with Crippen molar-refractivity contribution in [2.24, 2.45) is 0 Å². The molecule has 2 nitrogen and oxygen atoms in total. The maximum atomic E-state index is 8.89. The Balaban J connectivity index is 0. The molecular weight excluding hydrogens is 271 g/mol. The molecule has 0 aromatic carbocycles. The predicted molar refractivity (Wildman–Crippen MR) is 57.1 cm³/mol. The van der Waals surface area contributed by atoms with Crippen LogP contribution in [0.1, 0.15) is 40.5 Å². The van der Waals surface area contributed by atoms with Crippen molar-refractivity contribution in [3.05, 3.63) is 0 Å². The number of carbonyl (C=O) groups excluding carboxylic acids is 1. The molecule has 78 valence electrons. The molecule has 0 unspecified atom stereocenters. The van der Waals surface area contributed by atoms with Crippen molar-refractivity contribution < 1.29 is 9.90 Å². The van der Waals surface area contributed by atoms with Crippen molar-refractivity contribution in [1.29, 1.82) is 0 Å². The van der Waals surface area contributed by atoms with E-state index in [4.69, 9.17) is 9.90 Å². The molecule has 0 aromatic rings. The van der Waals surface area contributed by atoms with Crippen LogP contribution in [0.5, 0.6) is 0 Å². The van der Waals surface area contributed by atoms with Crippen LogP contribution in [0, 0.1) is 0 Å². The third-order valence-electron chi connectivity index (χ3n) is 1.88. The molecule has 0 atom stereocenters. The number of carboxylic acids is 1. The Morgan fingerprint density at radius 1 is 1.23 bits per heavy atom. The van der Waals surface area contributed by atoms with Gasteiger partial charge in [-0.3, -0.25) is 0 Å². The third-order valence-corrected chi connectivity index (χ3v) is 10.6. The zero-order valence-corrected chi connectivity index (χ0v) is 12.2. The van der Waals surface area contributed by atoms with Gasteiger partial charge in [0.2, 0.25) is 0 Å². The van der Waals surface area contributed by atoms with Gasteiger partial charge in [-0.25, -0.2) is 0 Å². The zero-order chi connectivity index (χ0) is 10.7. The van der Waals surface area contributed by atoms with Gasteiger partial charge < -0.3 is 9.90 Å². The molecule has 0 N–H and O–H groups in total. The second-order valence-corrected chi connectivity index (χ2v) is 12.8. The minimum atomic E-state index is -1.08. The number of hydrogen-bond acceptors (Lipinski definition) is 2. The van der Waals surface area contributed by atoms with E-state index in [0.717, 1.165) is 6.92 Å². The molecule has 0 fully saturated rings. The van der Waals surface area contributed by atoms with Crippen LogP contribution in [0.15, 0.2) is 0 Å². The monoisotopic (exact) mass is 294 g/mol. The molecule has 0 aromatic heterocycles. The first-order valence-corrected chi connectivity index (χ1v) is 11.1. The van der Waals surface area contributed by atoms with Gasteiger partial charge in [0.15, 0.2) is 0 Å². The summed E-state index contributed by atoms with van der Waals surface area (Å²) < 4.78 is 4.78. The van der Waals surface area contributed by atoms with Crippen LogP contribution in [0.3, 0.4) is 0 Å². The van der Waals surface area contributed by atoms with E-state index >= 15 is 0 Å². The number of rotatable bonds is 5. The van der Waals surface area contributed by atoms with Gasteiger partial charge >= 0.3 is 66.7 Å². The van der Waals surface area contributed by atoms with Gasteiger partial charge in [0.1, 0.15) is 0 Å². The topological polar surface area (TPSA) is 40.1 Å². The summed E-state index contributed by atoms with van der Waals surface area (Å²) in [5.41, 5.74) is 0. The first kappa shape index (κ1) is 15.7. The SMILES string of the molecule is CC(=O)[O-].CCC[CH2][Sn+]([CH2]C)[CH2]C. The normalized spacial score (nSPS) is 8.62. The molecule has 3 heteroatoms. The van der Waals surface area contributed by atoms with Crippen LogP contribution in [-0.4, -0.2) is 25.7 Å². The summed E-state index contributed by atoms with van der Waals surface area (Å²) in [6.07, 6.45) is 2.92. The van der Waals surface area contributed by atoms with E-state index in [9.17, 15) is 0 Å². The molecule has 0 aliphatic rings. The zero-order valence-electron chi connectivity index (χ0n) is 9.35. The predicted octanol–water partition coefficient (Wildman–Crippen LogP) is 2.08. The van der Waals surface area contributed by atoms with E-state index in [0.29, 0.717) is 0 Å². The van der Waals surface area contributed by atoms with Crippen molar-refractivity contribution in [2.75, 3.05) is 0 Å². The van der Waals surface area contributed by atoms with Crippen LogP contribution in [0.25, 0.3) is 0 Å². The quantitative estimate of drug-likeness (QED) is 0.728. The Kier molecular flexibility index (Phi) is 14.8. The maximum absolute atomic E-state index is 8.89. The van der Waals surface area contributed by atoms with E-state index in [1.165, 1.54) is 12.8 Å². The molecule has 0 rings (SSSR count). The van der Waals surface area contributed by atoms with Crippen molar-refractivity contribution in [3.8, 4) is 0 Å². The van der Waals surface area contributed by atoms with Gasteiger partial charge in [-0.1, -0.05) is 0 Å². The first-order valence-electron chi connectivity index (χ1n) is 5.09.